The number of anilines is 1. The van der Waals surface area contributed by atoms with Gasteiger partial charge in [0, 0.05) is 14.6 Å². The van der Waals surface area contributed by atoms with Gasteiger partial charge in [0.25, 0.3) is 0 Å². The van der Waals surface area contributed by atoms with E-state index in [9.17, 15) is 4.79 Å². The third-order valence-electron chi connectivity index (χ3n) is 2.72. The van der Waals surface area contributed by atoms with Crippen LogP contribution in [0.2, 0.25) is 0 Å². The molecule has 0 spiro atoms. The van der Waals surface area contributed by atoms with Crippen LogP contribution in [-0.4, -0.2) is 5.91 Å². The van der Waals surface area contributed by atoms with Gasteiger partial charge in [0.2, 0.25) is 5.91 Å². The smallest absolute Gasteiger partial charge is 0.228 e. The fourth-order valence-electron chi connectivity index (χ4n) is 1.79. The van der Waals surface area contributed by atoms with Crippen molar-refractivity contribution >= 4 is 43.5 Å². The first kappa shape index (κ1) is 14.3. The quantitative estimate of drug-likeness (QED) is 0.818. The molecule has 0 aliphatic carbocycles. The molecule has 1 amide bonds. The zero-order valence-corrected chi connectivity index (χ0v) is 13.6. The molecule has 2 nitrogen and oxygen atoms in total. The molecule has 98 valence electrons. The van der Waals surface area contributed by atoms with Crippen molar-refractivity contribution in [3.8, 4) is 0 Å². The molecule has 1 N–H and O–H groups in total. The second-order valence-corrected chi connectivity index (χ2v) is 6.15. The summed E-state index contributed by atoms with van der Waals surface area (Å²) < 4.78 is 1.99. The SMILES string of the molecule is Cc1cc(Br)ccc1NC(=O)Cc1cccc(Br)c1. The summed E-state index contributed by atoms with van der Waals surface area (Å²) in [5.41, 5.74) is 2.88. The number of carbonyl (C=O) groups excluding carboxylic acids is 1. The van der Waals surface area contributed by atoms with Crippen molar-refractivity contribution in [1.29, 1.82) is 0 Å². The van der Waals surface area contributed by atoms with E-state index in [0.717, 1.165) is 25.8 Å². The number of hydrogen-bond acceptors (Lipinski definition) is 1. The van der Waals surface area contributed by atoms with Gasteiger partial charge in [-0.2, -0.15) is 0 Å². The van der Waals surface area contributed by atoms with E-state index >= 15 is 0 Å². The fraction of sp³-hybridized carbons (Fsp3) is 0.133. The Hall–Kier alpha value is -1.13. The lowest BCUT2D eigenvalue weighted by atomic mass is 10.1. The van der Waals surface area contributed by atoms with Crippen LogP contribution < -0.4 is 5.32 Å². The summed E-state index contributed by atoms with van der Waals surface area (Å²) in [7, 11) is 0. The molecular formula is C15H13Br2NO. The first-order valence-electron chi connectivity index (χ1n) is 5.85. The topological polar surface area (TPSA) is 29.1 Å². The molecule has 0 unspecified atom stereocenters. The summed E-state index contributed by atoms with van der Waals surface area (Å²) in [4.78, 5) is 12.0. The first-order valence-corrected chi connectivity index (χ1v) is 7.43. The Labute approximate surface area is 129 Å². The Bertz CT molecular complexity index is 611. The number of nitrogens with one attached hydrogen (secondary N) is 1. The van der Waals surface area contributed by atoms with Crippen LogP contribution in [0.3, 0.4) is 0 Å². The van der Waals surface area contributed by atoms with Gasteiger partial charge in [0.05, 0.1) is 6.42 Å². The Kier molecular flexibility index (Phi) is 4.77. The lowest BCUT2D eigenvalue weighted by Gasteiger charge is -2.09. The second-order valence-electron chi connectivity index (χ2n) is 4.31. The second kappa shape index (κ2) is 6.35. The maximum absolute atomic E-state index is 12.0. The van der Waals surface area contributed by atoms with E-state index in [1.54, 1.807) is 0 Å². The first-order chi connectivity index (χ1) is 9.04. The maximum Gasteiger partial charge on any atom is 0.228 e. The van der Waals surface area contributed by atoms with Crippen molar-refractivity contribution in [2.24, 2.45) is 0 Å². The van der Waals surface area contributed by atoms with Crippen molar-refractivity contribution in [1.82, 2.24) is 0 Å². The van der Waals surface area contributed by atoms with Crippen LogP contribution in [0.25, 0.3) is 0 Å². The van der Waals surface area contributed by atoms with Gasteiger partial charge in [-0.3, -0.25) is 4.79 Å². The molecule has 19 heavy (non-hydrogen) atoms. The molecule has 0 atom stereocenters. The van der Waals surface area contributed by atoms with E-state index in [2.05, 4.69) is 37.2 Å². The molecule has 2 aromatic rings. The number of rotatable bonds is 3. The van der Waals surface area contributed by atoms with Crippen molar-refractivity contribution in [2.45, 2.75) is 13.3 Å². The largest absolute Gasteiger partial charge is 0.326 e. The number of hydrogen-bond donors (Lipinski definition) is 1. The monoisotopic (exact) mass is 381 g/mol. The van der Waals surface area contributed by atoms with Crippen LogP contribution in [-0.2, 0) is 11.2 Å². The molecule has 2 rings (SSSR count). The van der Waals surface area contributed by atoms with Gasteiger partial charge in [-0.15, -0.1) is 0 Å². The van der Waals surface area contributed by atoms with Crippen LogP contribution in [0.1, 0.15) is 11.1 Å². The normalized spacial score (nSPS) is 10.3. The zero-order valence-electron chi connectivity index (χ0n) is 10.4. The highest BCUT2D eigenvalue weighted by molar-refractivity contribution is 9.10. The molecule has 0 bridgehead atoms. The molecule has 0 aliphatic rings. The molecule has 0 radical (unpaired) electrons. The van der Waals surface area contributed by atoms with Gasteiger partial charge in [-0.1, -0.05) is 44.0 Å². The highest BCUT2D eigenvalue weighted by Gasteiger charge is 2.06. The molecule has 4 heteroatoms. The number of amides is 1. The van der Waals surface area contributed by atoms with Crippen molar-refractivity contribution in [2.75, 3.05) is 5.32 Å². The van der Waals surface area contributed by atoms with E-state index < -0.39 is 0 Å². The van der Waals surface area contributed by atoms with Crippen LogP contribution in [0.5, 0.6) is 0 Å². The van der Waals surface area contributed by atoms with Crippen LogP contribution in [0.15, 0.2) is 51.4 Å². The van der Waals surface area contributed by atoms with Gasteiger partial charge >= 0.3 is 0 Å². The maximum atomic E-state index is 12.0. The van der Waals surface area contributed by atoms with Crippen LogP contribution in [0.4, 0.5) is 5.69 Å². The molecule has 2 aromatic carbocycles. The molecular weight excluding hydrogens is 370 g/mol. The van der Waals surface area contributed by atoms with E-state index in [1.807, 2.05) is 49.4 Å². The third kappa shape index (κ3) is 4.18. The number of carbonyl (C=O) groups is 1. The summed E-state index contributed by atoms with van der Waals surface area (Å²) in [5, 5.41) is 2.93. The summed E-state index contributed by atoms with van der Waals surface area (Å²) in [6.07, 6.45) is 0.370. The van der Waals surface area contributed by atoms with Crippen LogP contribution in [0, 0.1) is 6.92 Å². The minimum Gasteiger partial charge on any atom is -0.326 e. The summed E-state index contributed by atoms with van der Waals surface area (Å²) in [6.45, 7) is 1.97. The predicted octanol–water partition coefficient (Wildman–Crippen LogP) is 4.70. The molecule has 0 saturated carbocycles. The molecule has 0 fully saturated rings. The number of halogens is 2. The van der Waals surface area contributed by atoms with Gasteiger partial charge in [0.1, 0.15) is 0 Å². The van der Waals surface area contributed by atoms with Gasteiger partial charge < -0.3 is 5.32 Å². The fourth-order valence-corrected chi connectivity index (χ4v) is 2.72. The average molecular weight is 383 g/mol. The van der Waals surface area contributed by atoms with E-state index in [4.69, 9.17) is 0 Å². The van der Waals surface area contributed by atoms with Crippen molar-refractivity contribution in [3.63, 3.8) is 0 Å². The lowest BCUT2D eigenvalue weighted by molar-refractivity contribution is -0.115. The van der Waals surface area contributed by atoms with Crippen LogP contribution >= 0.6 is 31.9 Å². The van der Waals surface area contributed by atoms with Gasteiger partial charge in [-0.25, -0.2) is 0 Å². The Balaban J connectivity index is 2.05. The molecule has 0 saturated heterocycles. The molecule has 0 aliphatic heterocycles. The van der Waals surface area contributed by atoms with Crippen molar-refractivity contribution < 1.29 is 4.79 Å². The minimum absolute atomic E-state index is 0.0106. The van der Waals surface area contributed by atoms with E-state index in [1.165, 1.54) is 0 Å². The third-order valence-corrected chi connectivity index (χ3v) is 3.70. The number of benzene rings is 2. The average Bonchev–Trinajstić information content (AvgIpc) is 2.33. The van der Waals surface area contributed by atoms with Gasteiger partial charge in [0.15, 0.2) is 0 Å². The minimum atomic E-state index is -0.0106. The lowest BCUT2D eigenvalue weighted by Crippen LogP contribution is -2.15. The molecule has 0 heterocycles. The summed E-state index contributed by atoms with van der Waals surface area (Å²) in [5.74, 6) is -0.0106. The molecule has 0 aromatic heterocycles. The Morgan fingerprint density at radius 2 is 1.84 bits per heavy atom. The summed E-state index contributed by atoms with van der Waals surface area (Å²) >= 11 is 6.81. The standard InChI is InChI=1S/C15H13Br2NO/c1-10-7-13(17)5-6-14(10)18-15(19)9-11-3-2-4-12(16)8-11/h2-8H,9H2,1H3,(H,18,19). The Morgan fingerprint density at radius 1 is 1.11 bits per heavy atom. The Morgan fingerprint density at radius 3 is 2.53 bits per heavy atom. The zero-order chi connectivity index (χ0) is 13.8. The highest BCUT2D eigenvalue weighted by atomic mass is 79.9. The summed E-state index contributed by atoms with van der Waals surface area (Å²) in [6, 6.07) is 13.6. The van der Waals surface area contributed by atoms with Crippen molar-refractivity contribution in [3.05, 3.63) is 62.5 Å². The van der Waals surface area contributed by atoms with E-state index in [-0.39, 0.29) is 5.91 Å². The van der Waals surface area contributed by atoms with E-state index in [0.29, 0.717) is 6.42 Å². The van der Waals surface area contributed by atoms with Gasteiger partial charge in [-0.05, 0) is 48.4 Å². The number of aryl methyl sites for hydroxylation is 1. The highest BCUT2D eigenvalue weighted by Crippen LogP contribution is 2.20. The predicted molar refractivity (Wildman–Crippen MR) is 85.4 cm³/mol.